The average Bonchev–Trinajstić information content (AvgIpc) is 2.09. The number of phenolic OH excluding ortho intramolecular Hbond substituents is 1. The lowest BCUT2D eigenvalue weighted by Crippen LogP contribution is -1.98. The van der Waals surface area contributed by atoms with E-state index in [0.717, 1.165) is 12.0 Å². The fraction of sp³-hybridized carbons (Fsp3) is 0.300. The zero-order valence-corrected chi connectivity index (χ0v) is 7.79. The van der Waals surface area contributed by atoms with Crippen LogP contribution in [0.2, 0.25) is 0 Å². The number of anilines is 1. The Kier molecular flexibility index (Phi) is 2.56. The third-order valence-corrected chi connectivity index (χ3v) is 1.99. The third kappa shape index (κ3) is 1.80. The number of rotatable bonds is 2. The minimum Gasteiger partial charge on any atom is -0.505 e. The highest BCUT2D eigenvalue weighted by molar-refractivity contribution is 5.98. The minimum atomic E-state index is -0.167. The number of benzene rings is 1. The Bertz CT molecular complexity index is 345. The molecule has 0 fully saturated rings. The molecule has 0 spiro atoms. The number of ketones is 1. The summed E-state index contributed by atoms with van der Waals surface area (Å²) in [6.07, 6.45) is 0.796. The summed E-state index contributed by atoms with van der Waals surface area (Å²) in [5, 5.41) is 9.44. The smallest absolute Gasteiger partial charge is 0.163 e. The van der Waals surface area contributed by atoms with E-state index in [1.165, 1.54) is 6.92 Å². The van der Waals surface area contributed by atoms with Crippen LogP contribution in [0.3, 0.4) is 0 Å². The van der Waals surface area contributed by atoms with E-state index < -0.39 is 0 Å². The van der Waals surface area contributed by atoms with Gasteiger partial charge in [0.2, 0.25) is 0 Å². The molecule has 1 aromatic carbocycles. The molecule has 0 aliphatic heterocycles. The molecule has 70 valence electrons. The second-order valence-electron chi connectivity index (χ2n) is 2.99. The van der Waals surface area contributed by atoms with Gasteiger partial charge in [0.15, 0.2) is 5.78 Å². The highest BCUT2D eigenvalue weighted by atomic mass is 16.3. The average molecular weight is 179 g/mol. The first-order valence-electron chi connectivity index (χ1n) is 4.18. The van der Waals surface area contributed by atoms with Crippen molar-refractivity contribution in [1.82, 2.24) is 0 Å². The first kappa shape index (κ1) is 9.58. The maximum absolute atomic E-state index is 11.1. The summed E-state index contributed by atoms with van der Waals surface area (Å²) in [7, 11) is 0. The molecule has 3 nitrogen and oxygen atoms in total. The highest BCUT2D eigenvalue weighted by Gasteiger charge is 2.10. The van der Waals surface area contributed by atoms with Crippen molar-refractivity contribution in [1.29, 1.82) is 0 Å². The molecule has 13 heavy (non-hydrogen) atoms. The van der Waals surface area contributed by atoms with Gasteiger partial charge in [-0.25, -0.2) is 0 Å². The molecular weight excluding hydrogens is 166 g/mol. The van der Waals surface area contributed by atoms with Gasteiger partial charge in [-0.2, -0.15) is 0 Å². The fourth-order valence-electron chi connectivity index (χ4n) is 1.19. The van der Waals surface area contributed by atoms with Crippen molar-refractivity contribution in [2.45, 2.75) is 20.3 Å². The molecule has 0 aliphatic rings. The van der Waals surface area contributed by atoms with Crippen molar-refractivity contribution in [3.8, 4) is 5.75 Å². The van der Waals surface area contributed by atoms with Crippen molar-refractivity contribution in [2.24, 2.45) is 0 Å². The van der Waals surface area contributed by atoms with E-state index >= 15 is 0 Å². The van der Waals surface area contributed by atoms with Crippen LogP contribution < -0.4 is 5.73 Å². The maximum Gasteiger partial charge on any atom is 0.163 e. The van der Waals surface area contributed by atoms with Crippen molar-refractivity contribution in [3.63, 3.8) is 0 Å². The van der Waals surface area contributed by atoms with Crippen molar-refractivity contribution < 1.29 is 9.90 Å². The first-order chi connectivity index (χ1) is 6.06. The summed E-state index contributed by atoms with van der Waals surface area (Å²) in [5.74, 6) is -0.274. The molecule has 0 saturated heterocycles. The van der Waals surface area contributed by atoms with E-state index in [4.69, 9.17) is 5.73 Å². The van der Waals surface area contributed by atoms with E-state index in [2.05, 4.69) is 0 Å². The summed E-state index contributed by atoms with van der Waals surface area (Å²) in [6, 6.07) is 3.36. The molecule has 3 N–H and O–H groups in total. The topological polar surface area (TPSA) is 63.3 Å². The molecule has 0 aliphatic carbocycles. The Labute approximate surface area is 77.2 Å². The van der Waals surface area contributed by atoms with Gasteiger partial charge in [-0.1, -0.05) is 6.92 Å². The molecule has 1 rings (SSSR count). The lowest BCUT2D eigenvalue weighted by molar-refractivity contribution is 0.101. The molecule has 0 amide bonds. The van der Waals surface area contributed by atoms with E-state index in [1.807, 2.05) is 6.92 Å². The number of carbonyl (C=O) groups excluding carboxylic acids is 1. The van der Waals surface area contributed by atoms with Crippen LogP contribution in [0.1, 0.15) is 29.8 Å². The molecule has 0 heterocycles. The molecule has 0 unspecified atom stereocenters. The Morgan fingerprint density at radius 3 is 2.62 bits per heavy atom. The van der Waals surface area contributed by atoms with E-state index in [-0.39, 0.29) is 17.2 Å². The number of hydrogen-bond donors (Lipinski definition) is 2. The van der Waals surface area contributed by atoms with E-state index in [9.17, 15) is 9.90 Å². The molecule has 0 bridgehead atoms. The third-order valence-electron chi connectivity index (χ3n) is 1.99. The van der Waals surface area contributed by atoms with E-state index in [1.54, 1.807) is 12.1 Å². The van der Waals surface area contributed by atoms with Gasteiger partial charge >= 0.3 is 0 Å². The van der Waals surface area contributed by atoms with Gasteiger partial charge < -0.3 is 10.8 Å². The lowest BCUT2D eigenvalue weighted by Gasteiger charge is -2.06. The molecule has 1 aromatic rings. The number of phenols is 1. The largest absolute Gasteiger partial charge is 0.505 e. The van der Waals surface area contributed by atoms with Crippen LogP contribution in [0.15, 0.2) is 12.1 Å². The predicted octanol–water partition coefficient (Wildman–Crippen LogP) is 1.74. The fourth-order valence-corrected chi connectivity index (χ4v) is 1.19. The van der Waals surface area contributed by atoms with Crippen LogP contribution in [-0.2, 0) is 6.42 Å². The predicted molar refractivity (Wildman–Crippen MR) is 51.9 cm³/mol. The highest BCUT2D eigenvalue weighted by Crippen LogP contribution is 2.27. The molecule has 0 atom stereocenters. The summed E-state index contributed by atoms with van der Waals surface area (Å²) < 4.78 is 0. The van der Waals surface area contributed by atoms with Gasteiger partial charge in [0, 0.05) is 0 Å². The van der Waals surface area contributed by atoms with Gasteiger partial charge in [0.05, 0.1) is 11.3 Å². The minimum absolute atomic E-state index is 0.107. The molecular formula is C10H13NO2. The number of nitrogens with two attached hydrogens (primary N) is 1. The molecule has 0 radical (unpaired) electrons. The van der Waals surface area contributed by atoms with Crippen LogP contribution in [0.4, 0.5) is 5.69 Å². The quantitative estimate of drug-likeness (QED) is 0.413. The van der Waals surface area contributed by atoms with Crippen LogP contribution in [0, 0.1) is 0 Å². The summed E-state index contributed by atoms with van der Waals surface area (Å²) in [6.45, 7) is 3.38. The Balaban J connectivity index is 3.33. The lowest BCUT2D eigenvalue weighted by atomic mass is 10.0. The van der Waals surface area contributed by atoms with Gasteiger partial charge in [-0.05, 0) is 31.0 Å². The Morgan fingerprint density at radius 2 is 2.15 bits per heavy atom. The number of hydrogen-bond acceptors (Lipinski definition) is 3. The normalized spacial score (nSPS) is 10.0. The summed E-state index contributed by atoms with van der Waals surface area (Å²) in [5.41, 5.74) is 7.06. The Hall–Kier alpha value is -1.51. The summed E-state index contributed by atoms with van der Waals surface area (Å²) in [4.78, 5) is 11.1. The van der Waals surface area contributed by atoms with E-state index in [0.29, 0.717) is 5.56 Å². The van der Waals surface area contributed by atoms with Crippen LogP contribution in [0.5, 0.6) is 5.75 Å². The first-order valence-corrected chi connectivity index (χ1v) is 4.18. The second-order valence-corrected chi connectivity index (χ2v) is 2.99. The van der Waals surface area contributed by atoms with Crippen molar-refractivity contribution in [3.05, 3.63) is 23.3 Å². The second kappa shape index (κ2) is 3.47. The Morgan fingerprint density at radius 1 is 1.54 bits per heavy atom. The number of carbonyl (C=O) groups is 1. The number of Topliss-reactive ketones (excluding diaryl/α,β-unsaturated/α-hetero) is 1. The SMILES string of the molecule is CCc1cc(N)c(O)c(C(C)=O)c1. The van der Waals surface area contributed by atoms with Crippen molar-refractivity contribution in [2.75, 3.05) is 5.73 Å². The van der Waals surface area contributed by atoms with Gasteiger partial charge in [-0.3, -0.25) is 4.79 Å². The van der Waals surface area contributed by atoms with Gasteiger partial charge in [-0.15, -0.1) is 0 Å². The number of aryl methyl sites for hydroxylation is 1. The number of nitrogen functional groups attached to an aromatic ring is 1. The zero-order chi connectivity index (χ0) is 10.0. The monoisotopic (exact) mass is 179 g/mol. The summed E-state index contributed by atoms with van der Waals surface area (Å²) >= 11 is 0. The number of aromatic hydroxyl groups is 1. The molecule has 0 saturated carbocycles. The van der Waals surface area contributed by atoms with Gasteiger partial charge in [0.25, 0.3) is 0 Å². The zero-order valence-electron chi connectivity index (χ0n) is 7.79. The van der Waals surface area contributed by atoms with Gasteiger partial charge in [0.1, 0.15) is 5.75 Å². The van der Waals surface area contributed by atoms with Crippen molar-refractivity contribution >= 4 is 11.5 Å². The van der Waals surface area contributed by atoms with Crippen LogP contribution >= 0.6 is 0 Å². The molecule has 3 heteroatoms. The molecule has 0 aromatic heterocycles. The van der Waals surface area contributed by atoms with Crippen LogP contribution in [0.25, 0.3) is 0 Å². The standard InChI is InChI=1S/C10H13NO2/c1-3-7-4-8(6(2)12)10(13)9(11)5-7/h4-5,13H,3,11H2,1-2H3. The maximum atomic E-state index is 11.1. The van der Waals surface area contributed by atoms with Crippen LogP contribution in [-0.4, -0.2) is 10.9 Å².